The third-order valence-corrected chi connectivity index (χ3v) is 5.12. The highest BCUT2D eigenvalue weighted by Gasteiger charge is 2.17. The highest BCUT2D eigenvalue weighted by Crippen LogP contribution is 2.33. The van der Waals surface area contributed by atoms with Crippen LogP contribution in [0.3, 0.4) is 0 Å². The Bertz CT molecular complexity index is 568. The Morgan fingerprint density at radius 1 is 1.15 bits per heavy atom. The van der Waals surface area contributed by atoms with E-state index in [1.807, 2.05) is 24.3 Å². The lowest BCUT2D eigenvalue weighted by Gasteiger charge is -2.20. The van der Waals surface area contributed by atoms with Gasteiger partial charge in [-0.1, -0.05) is 53.9 Å². The summed E-state index contributed by atoms with van der Waals surface area (Å²) >= 11 is 20.1. The van der Waals surface area contributed by atoms with Gasteiger partial charge in [0.1, 0.15) is 0 Å². The molecule has 0 radical (unpaired) electrons. The van der Waals surface area contributed by atoms with Crippen LogP contribution in [0.4, 0.5) is 0 Å². The molecule has 2 rings (SSSR count). The Morgan fingerprint density at radius 3 is 2.60 bits per heavy atom. The van der Waals surface area contributed by atoms with Gasteiger partial charge in [-0.15, -0.1) is 11.3 Å². The summed E-state index contributed by atoms with van der Waals surface area (Å²) in [5.41, 5.74) is 1.04. The van der Waals surface area contributed by atoms with Gasteiger partial charge in [-0.05, 0) is 36.7 Å². The largest absolute Gasteiger partial charge is 0.310 e. The van der Waals surface area contributed by atoms with E-state index in [0.29, 0.717) is 10.0 Å². The monoisotopic (exact) mass is 347 g/mol. The van der Waals surface area contributed by atoms with Crippen LogP contribution in [0, 0.1) is 0 Å². The lowest BCUT2D eigenvalue weighted by molar-refractivity contribution is 0.532. The molecular weight excluding hydrogens is 333 g/mol. The van der Waals surface area contributed by atoms with Gasteiger partial charge in [-0.25, -0.2) is 0 Å². The second-order valence-electron chi connectivity index (χ2n) is 4.56. The first-order valence-corrected chi connectivity index (χ1v) is 8.48. The van der Waals surface area contributed by atoms with Crippen LogP contribution in [0.2, 0.25) is 14.4 Å². The highest BCUT2D eigenvalue weighted by atomic mass is 35.5. The minimum absolute atomic E-state index is 0.149. The molecule has 0 bridgehead atoms. The molecule has 1 atom stereocenters. The van der Waals surface area contributed by atoms with Gasteiger partial charge in [0.25, 0.3) is 0 Å². The van der Waals surface area contributed by atoms with Crippen LogP contribution in [-0.2, 0) is 6.42 Å². The molecule has 1 unspecified atom stereocenters. The van der Waals surface area contributed by atoms with Crippen LogP contribution >= 0.6 is 46.1 Å². The Labute approximate surface area is 138 Å². The molecule has 0 amide bonds. The fourth-order valence-corrected chi connectivity index (χ4v) is 3.64. The topological polar surface area (TPSA) is 12.0 Å². The molecule has 1 nitrogen and oxygen atoms in total. The summed E-state index contributed by atoms with van der Waals surface area (Å²) in [5.74, 6) is 0. The van der Waals surface area contributed by atoms with E-state index in [1.165, 1.54) is 4.88 Å². The zero-order chi connectivity index (χ0) is 14.5. The fourth-order valence-electron chi connectivity index (χ4n) is 2.06. The summed E-state index contributed by atoms with van der Waals surface area (Å²) in [4.78, 5) is 1.24. The van der Waals surface area contributed by atoms with E-state index in [4.69, 9.17) is 34.8 Å². The maximum absolute atomic E-state index is 6.34. The van der Waals surface area contributed by atoms with Gasteiger partial charge in [-0.2, -0.15) is 0 Å². The molecule has 1 heterocycles. The van der Waals surface area contributed by atoms with Crippen LogP contribution in [0.1, 0.15) is 29.8 Å². The third kappa shape index (κ3) is 4.12. The molecule has 0 aliphatic rings. The van der Waals surface area contributed by atoms with Crippen molar-refractivity contribution in [3.8, 4) is 0 Å². The van der Waals surface area contributed by atoms with E-state index in [2.05, 4.69) is 18.3 Å². The number of rotatable bonds is 6. The average Bonchev–Trinajstić information content (AvgIpc) is 2.83. The summed E-state index contributed by atoms with van der Waals surface area (Å²) in [7, 11) is 0. The van der Waals surface area contributed by atoms with Crippen molar-refractivity contribution in [1.29, 1.82) is 0 Å². The number of thiophene rings is 1. The molecule has 108 valence electrons. The van der Waals surface area contributed by atoms with Crippen molar-refractivity contribution in [3.05, 3.63) is 55.2 Å². The van der Waals surface area contributed by atoms with Gasteiger partial charge in [0.15, 0.2) is 0 Å². The first kappa shape index (κ1) is 16.1. The van der Waals surface area contributed by atoms with Crippen LogP contribution in [0.25, 0.3) is 0 Å². The van der Waals surface area contributed by atoms with E-state index < -0.39 is 0 Å². The molecule has 0 fully saturated rings. The Morgan fingerprint density at radius 2 is 1.95 bits per heavy atom. The van der Waals surface area contributed by atoms with E-state index in [-0.39, 0.29) is 6.04 Å². The SMILES string of the molecule is CCCNC(Cc1ccc(Cl)s1)c1cccc(Cl)c1Cl. The molecule has 5 heteroatoms. The van der Waals surface area contributed by atoms with Gasteiger partial charge >= 0.3 is 0 Å². The summed E-state index contributed by atoms with van der Waals surface area (Å²) in [5, 5.41) is 4.76. The van der Waals surface area contributed by atoms with Gasteiger partial charge in [0, 0.05) is 17.3 Å². The van der Waals surface area contributed by atoms with Gasteiger partial charge < -0.3 is 5.32 Å². The van der Waals surface area contributed by atoms with Crippen molar-refractivity contribution in [3.63, 3.8) is 0 Å². The lowest BCUT2D eigenvalue weighted by Crippen LogP contribution is -2.24. The van der Waals surface area contributed by atoms with Gasteiger partial charge in [0.05, 0.1) is 14.4 Å². The fraction of sp³-hybridized carbons (Fsp3) is 0.333. The lowest BCUT2D eigenvalue weighted by atomic mass is 10.0. The van der Waals surface area contributed by atoms with E-state index in [1.54, 1.807) is 11.3 Å². The normalized spacial score (nSPS) is 12.6. The molecule has 0 aliphatic carbocycles. The predicted molar refractivity (Wildman–Crippen MR) is 90.5 cm³/mol. The van der Waals surface area contributed by atoms with Crippen molar-refractivity contribution in [2.45, 2.75) is 25.8 Å². The zero-order valence-corrected chi connectivity index (χ0v) is 14.2. The molecule has 20 heavy (non-hydrogen) atoms. The number of halogens is 3. The van der Waals surface area contributed by atoms with Crippen molar-refractivity contribution in [2.75, 3.05) is 6.54 Å². The Balaban J connectivity index is 2.24. The Hall–Kier alpha value is -0.250. The molecular formula is C15H16Cl3NS. The molecule has 0 aliphatic heterocycles. The summed E-state index contributed by atoms with van der Waals surface area (Å²) in [6, 6.07) is 9.91. The second-order valence-corrected chi connectivity index (χ2v) is 7.14. The van der Waals surface area contributed by atoms with Crippen LogP contribution < -0.4 is 5.32 Å². The van der Waals surface area contributed by atoms with Gasteiger partial charge in [0.2, 0.25) is 0 Å². The molecule has 1 aromatic heterocycles. The van der Waals surface area contributed by atoms with Crippen LogP contribution in [-0.4, -0.2) is 6.54 Å². The molecule has 0 saturated carbocycles. The smallest absolute Gasteiger partial charge is 0.0931 e. The highest BCUT2D eigenvalue weighted by molar-refractivity contribution is 7.16. The molecule has 0 spiro atoms. The first-order valence-electron chi connectivity index (χ1n) is 6.53. The summed E-state index contributed by atoms with van der Waals surface area (Å²) in [6.45, 7) is 3.08. The summed E-state index contributed by atoms with van der Waals surface area (Å²) < 4.78 is 0.812. The standard InChI is InChI=1S/C15H16Cl3NS/c1-2-8-19-13(9-10-6-7-14(17)20-10)11-4-3-5-12(16)15(11)18/h3-7,13,19H,2,8-9H2,1H3. The maximum Gasteiger partial charge on any atom is 0.0931 e. The molecule has 1 N–H and O–H groups in total. The van der Waals surface area contributed by atoms with Crippen molar-refractivity contribution >= 4 is 46.1 Å². The molecule has 2 aromatic rings. The third-order valence-electron chi connectivity index (χ3n) is 3.03. The van der Waals surface area contributed by atoms with E-state index in [9.17, 15) is 0 Å². The van der Waals surface area contributed by atoms with Crippen LogP contribution in [0.15, 0.2) is 30.3 Å². The maximum atomic E-state index is 6.34. The van der Waals surface area contributed by atoms with Gasteiger partial charge in [-0.3, -0.25) is 0 Å². The quantitative estimate of drug-likeness (QED) is 0.676. The Kier molecular flexibility index (Phi) is 6.19. The number of benzene rings is 1. The zero-order valence-electron chi connectivity index (χ0n) is 11.1. The second kappa shape index (κ2) is 7.67. The van der Waals surface area contributed by atoms with Crippen molar-refractivity contribution < 1.29 is 0 Å². The minimum atomic E-state index is 0.149. The first-order chi connectivity index (χ1) is 9.61. The predicted octanol–water partition coefficient (Wildman–Crippen LogP) is 5.99. The van der Waals surface area contributed by atoms with Crippen molar-refractivity contribution in [2.24, 2.45) is 0 Å². The minimum Gasteiger partial charge on any atom is -0.310 e. The van der Waals surface area contributed by atoms with Crippen LogP contribution in [0.5, 0.6) is 0 Å². The van der Waals surface area contributed by atoms with Crippen molar-refractivity contribution in [1.82, 2.24) is 5.32 Å². The van der Waals surface area contributed by atoms with E-state index in [0.717, 1.165) is 29.3 Å². The number of hydrogen-bond donors (Lipinski definition) is 1. The number of nitrogens with one attached hydrogen (secondary N) is 1. The molecule has 0 saturated heterocycles. The average molecular weight is 349 g/mol. The number of hydrogen-bond acceptors (Lipinski definition) is 2. The molecule has 1 aromatic carbocycles. The summed E-state index contributed by atoms with van der Waals surface area (Å²) in [6.07, 6.45) is 1.93. The van der Waals surface area contributed by atoms with E-state index >= 15 is 0 Å².